The van der Waals surface area contributed by atoms with Crippen LogP contribution in [0.4, 0.5) is 5.13 Å². The number of nitrogens with one attached hydrogen (secondary N) is 1. The summed E-state index contributed by atoms with van der Waals surface area (Å²) in [5.41, 5.74) is 0.894. The van der Waals surface area contributed by atoms with Crippen LogP contribution in [-0.4, -0.2) is 29.8 Å². The summed E-state index contributed by atoms with van der Waals surface area (Å²) in [4.78, 5) is 12.0. The van der Waals surface area contributed by atoms with Gasteiger partial charge in [0.15, 0.2) is 6.61 Å². The van der Waals surface area contributed by atoms with Crippen molar-refractivity contribution in [1.82, 2.24) is 10.2 Å². The number of anilines is 1. The zero-order valence-electron chi connectivity index (χ0n) is 13.5. The molecule has 1 N–H and O–H groups in total. The Morgan fingerprint density at radius 1 is 1.23 bits per heavy atom. The van der Waals surface area contributed by atoms with E-state index in [9.17, 15) is 4.79 Å². The lowest BCUT2D eigenvalue weighted by atomic mass is 10.2. The summed E-state index contributed by atoms with van der Waals surface area (Å²) in [6, 6.07) is 12.5. The minimum atomic E-state index is -0.329. The quantitative estimate of drug-likeness (QED) is 0.587. The highest BCUT2D eigenvalue weighted by Gasteiger charge is 2.11. The van der Waals surface area contributed by atoms with Crippen molar-refractivity contribution in [3.8, 4) is 22.1 Å². The fourth-order valence-corrected chi connectivity index (χ4v) is 3.58. The number of rotatable bonds is 6. The van der Waals surface area contributed by atoms with Crippen LogP contribution in [-0.2, 0) is 4.79 Å². The Morgan fingerprint density at radius 2 is 2.00 bits per heavy atom. The summed E-state index contributed by atoms with van der Waals surface area (Å²) in [5.74, 6) is 0.960. The largest absolute Gasteiger partial charge is 0.497 e. The van der Waals surface area contributed by atoms with Crippen LogP contribution >= 0.6 is 38.9 Å². The second kappa shape index (κ2) is 8.48. The Balaban J connectivity index is 1.58. The number of hydrogen-bond donors (Lipinski definition) is 1. The molecule has 1 aromatic heterocycles. The topological polar surface area (TPSA) is 73.3 Å². The molecule has 0 aliphatic heterocycles. The molecule has 134 valence electrons. The van der Waals surface area contributed by atoms with Crippen molar-refractivity contribution in [3.05, 3.63) is 52.0 Å². The van der Waals surface area contributed by atoms with Gasteiger partial charge in [-0.3, -0.25) is 10.1 Å². The zero-order valence-corrected chi connectivity index (χ0v) is 16.7. The van der Waals surface area contributed by atoms with E-state index in [1.165, 1.54) is 11.3 Å². The number of aromatic nitrogens is 2. The molecule has 0 radical (unpaired) electrons. The normalized spacial score (nSPS) is 10.4. The van der Waals surface area contributed by atoms with Gasteiger partial charge in [0.25, 0.3) is 5.91 Å². The van der Waals surface area contributed by atoms with Crippen LogP contribution in [0.15, 0.2) is 46.9 Å². The van der Waals surface area contributed by atoms with E-state index < -0.39 is 0 Å². The Morgan fingerprint density at radius 3 is 2.69 bits per heavy atom. The second-order valence-corrected chi connectivity index (χ2v) is 7.32. The first-order valence-corrected chi connectivity index (χ1v) is 9.39. The number of ether oxygens (including phenoxy) is 2. The molecule has 2 aromatic carbocycles. The van der Waals surface area contributed by atoms with Crippen molar-refractivity contribution < 1.29 is 14.3 Å². The molecule has 0 unspecified atom stereocenters. The first kappa shape index (κ1) is 18.6. The number of halogens is 2. The van der Waals surface area contributed by atoms with Gasteiger partial charge in [-0.05, 0) is 58.4 Å². The summed E-state index contributed by atoms with van der Waals surface area (Å²) in [5, 5.41) is 12.4. The zero-order chi connectivity index (χ0) is 18.5. The maximum absolute atomic E-state index is 12.0. The van der Waals surface area contributed by atoms with Crippen LogP contribution in [0.1, 0.15) is 0 Å². The number of benzene rings is 2. The predicted molar refractivity (Wildman–Crippen MR) is 105 cm³/mol. The number of carbonyl (C=O) groups is 1. The van der Waals surface area contributed by atoms with Crippen LogP contribution in [0.5, 0.6) is 11.5 Å². The maximum atomic E-state index is 12.0. The first-order chi connectivity index (χ1) is 12.5. The van der Waals surface area contributed by atoms with Crippen molar-refractivity contribution in [1.29, 1.82) is 0 Å². The van der Waals surface area contributed by atoms with Crippen LogP contribution in [0.2, 0.25) is 5.02 Å². The van der Waals surface area contributed by atoms with Gasteiger partial charge in [0.2, 0.25) is 5.13 Å². The molecule has 3 aromatic rings. The lowest BCUT2D eigenvalue weighted by molar-refractivity contribution is -0.118. The second-order valence-electron chi connectivity index (χ2n) is 5.05. The molecular formula is C17H13BrClN3O3S. The lowest BCUT2D eigenvalue weighted by Gasteiger charge is -2.07. The van der Waals surface area contributed by atoms with E-state index in [-0.39, 0.29) is 12.5 Å². The average molecular weight is 455 g/mol. The minimum absolute atomic E-state index is 0.155. The van der Waals surface area contributed by atoms with Gasteiger partial charge in [-0.15, -0.1) is 10.2 Å². The first-order valence-electron chi connectivity index (χ1n) is 7.41. The van der Waals surface area contributed by atoms with Crippen LogP contribution in [0.3, 0.4) is 0 Å². The summed E-state index contributed by atoms with van der Waals surface area (Å²) in [6.07, 6.45) is 0. The number of methoxy groups -OCH3 is 1. The molecular weight excluding hydrogens is 442 g/mol. The Bertz CT molecular complexity index is 918. The highest BCUT2D eigenvalue weighted by molar-refractivity contribution is 9.10. The van der Waals surface area contributed by atoms with Gasteiger partial charge in [0.05, 0.1) is 11.6 Å². The fraction of sp³-hybridized carbons (Fsp3) is 0.118. The molecule has 26 heavy (non-hydrogen) atoms. The average Bonchev–Trinajstić information content (AvgIpc) is 3.09. The summed E-state index contributed by atoms with van der Waals surface area (Å²) < 4.78 is 11.3. The molecule has 0 saturated carbocycles. The van der Waals surface area contributed by atoms with E-state index in [1.807, 2.05) is 24.3 Å². The molecule has 9 heteroatoms. The molecule has 0 aliphatic rings. The molecule has 0 aliphatic carbocycles. The van der Waals surface area contributed by atoms with Gasteiger partial charge in [0.1, 0.15) is 16.5 Å². The molecule has 0 saturated heterocycles. The maximum Gasteiger partial charge on any atom is 0.264 e. The Hall–Kier alpha value is -2.16. The third-order valence-corrected chi connectivity index (χ3v) is 5.00. The molecule has 0 fully saturated rings. The van der Waals surface area contributed by atoms with E-state index in [0.717, 1.165) is 11.3 Å². The molecule has 0 bridgehead atoms. The van der Waals surface area contributed by atoms with Gasteiger partial charge in [-0.1, -0.05) is 22.9 Å². The van der Waals surface area contributed by atoms with Gasteiger partial charge in [0, 0.05) is 10.6 Å². The lowest BCUT2D eigenvalue weighted by Crippen LogP contribution is -2.20. The Labute approximate surface area is 167 Å². The van der Waals surface area contributed by atoms with E-state index in [4.69, 9.17) is 21.1 Å². The fourth-order valence-electron chi connectivity index (χ4n) is 2.01. The van der Waals surface area contributed by atoms with Crippen molar-refractivity contribution in [2.24, 2.45) is 0 Å². The summed E-state index contributed by atoms with van der Waals surface area (Å²) >= 11 is 10.5. The summed E-state index contributed by atoms with van der Waals surface area (Å²) in [6.45, 7) is -0.155. The highest BCUT2D eigenvalue weighted by atomic mass is 79.9. The monoisotopic (exact) mass is 453 g/mol. The standard InChI is InChI=1S/C17H13BrClN3O3S/c1-24-12-5-2-10(3-6-12)16-21-22-17(26-16)20-15(23)9-25-14-7-4-11(19)8-13(14)18/h2-8H,9H2,1H3,(H,20,22,23). The van der Waals surface area contributed by atoms with Crippen LogP contribution in [0.25, 0.3) is 10.6 Å². The van der Waals surface area contributed by atoms with Crippen molar-refractivity contribution in [3.63, 3.8) is 0 Å². The van der Waals surface area contributed by atoms with Gasteiger partial charge in [-0.2, -0.15) is 0 Å². The number of hydrogen-bond acceptors (Lipinski definition) is 6. The molecule has 3 rings (SSSR count). The predicted octanol–water partition coefficient (Wildman–Crippen LogP) is 4.65. The minimum Gasteiger partial charge on any atom is -0.497 e. The number of carbonyl (C=O) groups excluding carboxylic acids is 1. The van der Waals surface area contributed by atoms with E-state index in [1.54, 1.807) is 25.3 Å². The van der Waals surface area contributed by atoms with E-state index >= 15 is 0 Å². The van der Waals surface area contributed by atoms with Crippen LogP contribution < -0.4 is 14.8 Å². The van der Waals surface area contributed by atoms with Gasteiger partial charge < -0.3 is 9.47 Å². The third kappa shape index (κ3) is 4.72. The molecule has 1 amide bonds. The smallest absolute Gasteiger partial charge is 0.264 e. The Kier molecular flexibility index (Phi) is 6.08. The van der Waals surface area contributed by atoms with Crippen LogP contribution in [0, 0.1) is 0 Å². The van der Waals surface area contributed by atoms with Crippen molar-refractivity contribution in [2.75, 3.05) is 19.0 Å². The summed E-state index contributed by atoms with van der Waals surface area (Å²) in [7, 11) is 1.61. The number of nitrogens with zero attached hydrogens (tertiary/aromatic N) is 2. The van der Waals surface area contributed by atoms with E-state index in [0.29, 0.717) is 25.4 Å². The van der Waals surface area contributed by atoms with Crippen molar-refractivity contribution in [2.45, 2.75) is 0 Å². The van der Waals surface area contributed by atoms with Gasteiger partial charge in [-0.25, -0.2) is 0 Å². The molecule has 6 nitrogen and oxygen atoms in total. The molecule has 0 atom stereocenters. The van der Waals surface area contributed by atoms with Gasteiger partial charge >= 0.3 is 0 Å². The number of amides is 1. The van der Waals surface area contributed by atoms with E-state index in [2.05, 4.69) is 31.4 Å². The molecule has 1 heterocycles. The SMILES string of the molecule is COc1ccc(-c2nnc(NC(=O)COc3ccc(Cl)cc3Br)s2)cc1. The van der Waals surface area contributed by atoms with Crippen molar-refractivity contribution >= 4 is 49.9 Å². The molecule has 0 spiro atoms. The third-order valence-electron chi connectivity index (χ3n) is 3.26. The highest BCUT2D eigenvalue weighted by Crippen LogP contribution is 2.29.